The van der Waals surface area contributed by atoms with Crippen LogP contribution < -0.4 is 5.56 Å². The van der Waals surface area contributed by atoms with Crippen molar-refractivity contribution in [2.24, 2.45) is 0 Å². The van der Waals surface area contributed by atoms with E-state index in [0.717, 1.165) is 21.8 Å². The van der Waals surface area contributed by atoms with E-state index in [1.807, 2.05) is 36.4 Å². The van der Waals surface area contributed by atoms with E-state index < -0.39 is 0 Å². The minimum absolute atomic E-state index is 0.0521. The smallest absolute Gasteiger partial charge is 0.248 e. The quantitative estimate of drug-likeness (QED) is 0.484. The van der Waals surface area contributed by atoms with Gasteiger partial charge in [0.1, 0.15) is 0 Å². The summed E-state index contributed by atoms with van der Waals surface area (Å²) in [6.45, 7) is 0. The average molecular weight is 343 g/mol. The molecule has 2 aromatic carbocycles. The molecule has 2 heterocycles. The van der Waals surface area contributed by atoms with Crippen molar-refractivity contribution in [3.8, 4) is 0 Å². The molecule has 3 nitrogen and oxygen atoms in total. The number of nitrogens with zero attached hydrogens (tertiary/aromatic N) is 1. The largest absolute Gasteiger partial charge is 0.322 e. The SMILES string of the molecule is Clc1ccc2c(Cl)ccnc2c1.O=c1ccc2ccccc2[nH]1. The van der Waals surface area contributed by atoms with E-state index in [1.165, 1.54) is 6.07 Å². The molecule has 0 unspecified atom stereocenters. The Morgan fingerprint density at radius 3 is 2.61 bits per heavy atom. The Balaban J connectivity index is 0.000000136. The van der Waals surface area contributed by atoms with Crippen LogP contribution in [0.4, 0.5) is 0 Å². The number of nitrogens with one attached hydrogen (secondary N) is 1. The number of para-hydroxylation sites is 1. The van der Waals surface area contributed by atoms with Gasteiger partial charge in [-0.05, 0) is 41.8 Å². The molecule has 4 aromatic rings. The topological polar surface area (TPSA) is 45.8 Å². The molecule has 0 fully saturated rings. The van der Waals surface area contributed by atoms with Gasteiger partial charge in [0.05, 0.1) is 10.5 Å². The van der Waals surface area contributed by atoms with Crippen molar-refractivity contribution in [3.05, 3.63) is 87.3 Å². The summed E-state index contributed by atoms with van der Waals surface area (Å²) in [7, 11) is 0. The third kappa shape index (κ3) is 3.70. The van der Waals surface area contributed by atoms with E-state index >= 15 is 0 Å². The Hall–Kier alpha value is -2.36. The minimum atomic E-state index is -0.0521. The number of halogens is 2. The van der Waals surface area contributed by atoms with Crippen LogP contribution in [0.5, 0.6) is 0 Å². The second-order valence-corrected chi connectivity index (χ2v) is 5.71. The molecule has 0 amide bonds. The van der Waals surface area contributed by atoms with Gasteiger partial charge in [-0.25, -0.2) is 0 Å². The highest BCUT2D eigenvalue weighted by Crippen LogP contribution is 2.23. The maximum Gasteiger partial charge on any atom is 0.248 e. The lowest BCUT2D eigenvalue weighted by atomic mass is 10.2. The molecule has 2 aromatic heterocycles. The van der Waals surface area contributed by atoms with E-state index in [2.05, 4.69) is 9.97 Å². The van der Waals surface area contributed by atoms with E-state index in [9.17, 15) is 4.79 Å². The zero-order chi connectivity index (χ0) is 16.2. The van der Waals surface area contributed by atoms with Crippen molar-refractivity contribution < 1.29 is 0 Å². The molecule has 5 heteroatoms. The van der Waals surface area contributed by atoms with Gasteiger partial charge in [0.25, 0.3) is 0 Å². The summed E-state index contributed by atoms with van der Waals surface area (Å²) in [6, 6.07) is 18.3. The number of aromatic nitrogens is 2. The van der Waals surface area contributed by atoms with Crippen LogP contribution in [0.25, 0.3) is 21.8 Å². The second-order valence-electron chi connectivity index (χ2n) is 4.86. The highest BCUT2D eigenvalue weighted by atomic mass is 35.5. The Morgan fingerprint density at radius 1 is 0.913 bits per heavy atom. The van der Waals surface area contributed by atoms with Crippen LogP contribution in [0.15, 0.2) is 71.7 Å². The first-order valence-corrected chi connectivity index (χ1v) is 7.67. The van der Waals surface area contributed by atoms with Crippen LogP contribution >= 0.6 is 23.2 Å². The summed E-state index contributed by atoms with van der Waals surface area (Å²) in [5.41, 5.74) is 1.67. The maximum absolute atomic E-state index is 10.8. The molecule has 0 radical (unpaired) electrons. The van der Waals surface area contributed by atoms with Gasteiger partial charge >= 0.3 is 0 Å². The lowest BCUT2D eigenvalue weighted by Crippen LogP contribution is -2.01. The first kappa shape index (κ1) is 15.5. The van der Waals surface area contributed by atoms with Gasteiger partial charge in [0.2, 0.25) is 5.56 Å². The maximum atomic E-state index is 10.8. The molecule has 0 bridgehead atoms. The van der Waals surface area contributed by atoms with E-state index in [0.29, 0.717) is 10.0 Å². The molecule has 114 valence electrons. The minimum Gasteiger partial charge on any atom is -0.322 e. The number of aromatic amines is 1. The predicted octanol–water partition coefficient (Wildman–Crippen LogP) is 5.07. The molecule has 23 heavy (non-hydrogen) atoms. The van der Waals surface area contributed by atoms with Gasteiger partial charge in [0, 0.05) is 28.2 Å². The number of hydrogen-bond donors (Lipinski definition) is 1. The fourth-order valence-electron chi connectivity index (χ4n) is 2.18. The van der Waals surface area contributed by atoms with Gasteiger partial charge in [-0.2, -0.15) is 0 Å². The lowest BCUT2D eigenvalue weighted by Gasteiger charge is -1.98. The third-order valence-corrected chi connectivity index (χ3v) is 3.85. The normalized spacial score (nSPS) is 10.3. The van der Waals surface area contributed by atoms with Crippen molar-refractivity contribution >= 4 is 45.0 Å². The van der Waals surface area contributed by atoms with Crippen LogP contribution in [-0.4, -0.2) is 9.97 Å². The number of fused-ring (bicyclic) bond motifs is 2. The summed E-state index contributed by atoms with van der Waals surface area (Å²) < 4.78 is 0. The van der Waals surface area contributed by atoms with Crippen molar-refractivity contribution in [2.45, 2.75) is 0 Å². The molecular formula is C18H12Cl2N2O. The van der Waals surface area contributed by atoms with E-state index in [4.69, 9.17) is 23.2 Å². The Kier molecular flexibility index (Phi) is 4.60. The first-order chi connectivity index (χ1) is 11.1. The molecular weight excluding hydrogens is 331 g/mol. The molecule has 0 saturated heterocycles. The zero-order valence-corrected chi connectivity index (χ0v) is 13.5. The summed E-state index contributed by atoms with van der Waals surface area (Å²) in [5.74, 6) is 0. The zero-order valence-electron chi connectivity index (χ0n) is 12.0. The van der Waals surface area contributed by atoms with E-state index in [1.54, 1.807) is 24.4 Å². The van der Waals surface area contributed by atoms with Crippen LogP contribution in [0, 0.1) is 0 Å². The van der Waals surface area contributed by atoms with E-state index in [-0.39, 0.29) is 5.56 Å². The van der Waals surface area contributed by atoms with Gasteiger partial charge in [-0.15, -0.1) is 0 Å². The fourth-order valence-corrected chi connectivity index (χ4v) is 2.56. The number of benzene rings is 2. The lowest BCUT2D eigenvalue weighted by molar-refractivity contribution is 1.31. The summed E-state index contributed by atoms with van der Waals surface area (Å²) in [6.07, 6.45) is 1.67. The molecule has 0 atom stereocenters. The van der Waals surface area contributed by atoms with Gasteiger partial charge in [0.15, 0.2) is 0 Å². The standard InChI is InChI=1S/C9H5Cl2N.C9H7NO/c10-6-1-2-7-8(11)3-4-12-9(7)5-6;11-9-6-5-7-3-1-2-4-8(7)10-9/h1-5H;1-6H,(H,10,11). The molecule has 4 rings (SSSR count). The summed E-state index contributed by atoms with van der Waals surface area (Å²) in [5, 5.41) is 3.38. The third-order valence-electron chi connectivity index (χ3n) is 3.28. The molecule has 0 aliphatic heterocycles. The number of hydrogen-bond acceptors (Lipinski definition) is 2. The summed E-state index contributed by atoms with van der Waals surface area (Å²) >= 11 is 11.7. The number of rotatable bonds is 0. The van der Waals surface area contributed by atoms with Crippen LogP contribution in [-0.2, 0) is 0 Å². The van der Waals surface area contributed by atoms with Crippen molar-refractivity contribution in [2.75, 3.05) is 0 Å². The Labute approximate surface area is 142 Å². The molecule has 0 saturated carbocycles. The average Bonchev–Trinajstić information content (AvgIpc) is 2.55. The molecule has 0 spiro atoms. The summed E-state index contributed by atoms with van der Waals surface area (Å²) in [4.78, 5) is 17.7. The van der Waals surface area contributed by atoms with Gasteiger partial charge < -0.3 is 4.98 Å². The van der Waals surface area contributed by atoms with Crippen molar-refractivity contribution in [1.29, 1.82) is 0 Å². The first-order valence-electron chi connectivity index (χ1n) is 6.91. The van der Waals surface area contributed by atoms with Crippen molar-refractivity contribution in [1.82, 2.24) is 9.97 Å². The van der Waals surface area contributed by atoms with Crippen molar-refractivity contribution in [3.63, 3.8) is 0 Å². The van der Waals surface area contributed by atoms with Gasteiger partial charge in [-0.1, -0.05) is 41.4 Å². The molecule has 0 aliphatic carbocycles. The fraction of sp³-hybridized carbons (Fsp3) is 0. The number of H-pyrrole nitrogens is 1. The van der Waals surface area contributed by atoms with Crippen LogP contribution in [0.1, 0.15) is 0 Å². The highest BCUT2D eigenvalue weighted by molar-refractivity contribution is 6.36. The second kappa shape index (κ2) is 6.82. The molecule has 1 N–H and O–H groups in total. The molecule has 0 aliphatic rings. The number of pyridine rings is 2. The highest BCUT2D eigenvalue weighted by Gasteiger charge is 1.98. The monoisotopic (exact) mass is 342 g/mol. The predicted molar refractivity (Wildman–Crippen MR) is 96.3 cm³/mol. The Bertz CT molecular complexity index is 1030. The van der Waals surface area contributed by atoms with Crippen LogP contribution in [0.2, 0.25) is 10.0 Å². The van der Waals surface area contributed by atoms with Crippen LogP contribution in [0.3, 0.4) is 0 Å². The van der Waals surface area contributed by atoms with Gasteiger partial charge in [-0.3, -0.25) is 9.78 Å². The Morgan fingerprint density at radius 2 is 1.74 bits per heavy atom.